The molecule has 1 aliphatic heterocycles. The zero-order valence-electron chi connectivity index (χ0n) is 19.3. The Morgan fingerprint density at radius 3 is 2.75 bits per heavy atom. The van der Waals surface area contributed by atoms with Crippen molar-refractivity contribution in [1.29, 1.82) is 0 Å². The van der Waals surface area contributed by atoms with E-state index in [4.69, 9.17) is 19.1 Å². The van der Waals surface area contributed by atoms with Crippen LogP contribution in [0.2, 0.25) is 0 Å². The van der Waals surface area contributed by atoms with E-state index >= 15 is 0 Å². The third kappa shape index (κ3) is 7.11. The van der Waals surface area contributed by atoms with E-state index in [1.807, 2.05) is 18.2 Å². The van der Waals surface area contributed by atoms with Crippen LogP contribution in [0.1, 0.15) is 5.56 Å². The number of nitrogens with one attached hydrogen (secondary N) is 1. The van der Waals surface area contributed by atoms with Crippen molar-refractivity contribution in [2.24, 2.45) is 5.10 Å². The van der Waals surface area contributed by atoms with Gasteiger partial charge in [0.05, 0.1) is 13.2 Å². The number of rotatable bonds is 8. The maximum absolute atomic E-state index is 11.2. The van der Waals surface area contributed by atoms with Crippen molar-refractivity contribution in [3.8, 4) is 17.6 Å². The van der Waals surface area contributed by atoms with E-state index in [-0.39, 0.29) is 6.54 Å². The molecule has 0 radical (unpaired) electrons. The predicted molar refractivity (Wildman–Crippen MR) is 134 cm³/mol. The molecule has 4 rings (SSSR count). The molecule has 186 valence electrons. The number of isocyanates is 1. The van der Waals surface area contributed by atoms with Crippen molar-refractivity contribution in [1.82, 2.24) is 10.4 Å². The van der Waals surface area contributed by atoms with Gasteiger partial charge in [0, 0.05) is 41.5 Å². The van der Waals surface area contributed by atoms with Crippen LogP contribution in [0.15, 0.2) is 62.9 Å². The lowest BCUT2D eigenvalue weighted by Gasteiger charge is -2.26. The number of furan rings is 1. The molecule has 0 bridgehead atoms. The lowest BCUT2D eigenvalue weighted by atomic mass is 10.2. The largest absolute Gasteiger partial charge is 0.492 e. The van der Waals surface area contributed by atoms with Crippen LogP contribution >= 0.6 is 11.8 Å². The highest BCUT2D eigenvalue weighted by atomic mass is 32.2. The molecule has 3 aromatic rings. The van der Waals surface area contributed by atoms with Crippen LogP contribution in [0.25, 0.3) is 11.0 Å². The number of hydrogen-bond donors (Lipinski definition) is 2. The minimum atomic E-state index is -0.575. The maximum atomic E-state index is 11.2. The molecule has 1 aromatic heterocycles. The molecule has 2 heterocycles. The van der Waals surface area contributed by atoms with Crippen LogP contribution in [0.4, 0.5) is 10.7 Å². The highest BCUT2D eigenvalue weighted by Gasteiger charge is 2.13. The van der Waals surface area contributed by atoms with Gasteiger partial charge in [-0.05, 0) is 54.2 Å². The molecule has 1 saturated heterocycles. The van der Waals surface area contributed by atoms with E-state index in [9.17, 15) is 9.59 Å². The van der Waals surface area contributed by atoms with Gasteiger partial charge in [-0.3, -0.25) is 14.9 Å². The molecule has 0 unspecified atom stereocenters. The molecule has 0 atom stereocenters. The van der Waals surface area contributed by atoms with E-state index < -0.39 is 5.24 Å². The molecule has 36 heavy (non-hydrogen) atoms. The number of hydroxylamine groups is 1. The molecule has 0 aliphatic carbocycles. The summed E-state index contributed by atoms with van der Waals surface area (Å²) in [6.07, 6.45) is 1.53. The number of carbonyl (C=O) groups is 1. The standard InChI is InChI=1S/C25H24N4O6S/c30-18-26-29(9-1-2-19-3-6-22(7-4-19)36-25(31)27-32)24-17-20-16-21(5-8-23(20)35-24)34-15-12-28-10-13-33-14-11-28/h3-8,16-17,32H,9-15H2,(H,27,31). The molecule has 11 heteroatoms. The average molecular weight is 509 g/mol. The molecule has 1 amide bonds. The van der Waals surface area contributed by atoms with Crippen molar-refractivity contribution in [2.45, 2.75) is 4.90 Å². The van der Waals surface area contributed by atoms with Crippen molar-refractivity contribution in [3.05, 3.63) is 54.1 Å². The number of hydrazone groups is 1. The van der Waals surface area contributed by atoms with Gasteiger partial charge < -0.3 is 13.9 Å². The van der Waals surface area contributed by atoms with Crippen molar-refractivity contribution in [2.75, 3.05) is 51.0 Å². The topological polar surface area (TPSA) is 117 Å². The minimum Gasteiger partial charge on any atom is -0.492 e. The van der Waals surface area contributed by atoms with Gasteiger partial charge in [-0.15, -0.1) is 0 Å². The molecule has 0 saturated carbocycles. The van der Waals surface area contributed by atoms with E-state index in [0.717, 1.165) is 55.7 Å². The second-order valence-electron chi connectivity index (χ2n) is 7.66. The first kappa shape index (κ1) is 25.3. The van der Waals surface area contributed by atoms with E-state index in [2.05, 4.69) is 21.8 Å². The number of ether oxygens (including phenoxy) is 2. The van der Waals surface area contributed by atoms with Gasteiger partial charge in [-0.2, -0.15) is 0 Å². The quantitative estimate of drug-likeness (QED) is 0.118. The van der Waals surface area contributed by atoms with Crippen LogP contribution in [-0.2, 0) is 9.53 Å². The minimum absolute atomic E-state index is 0.0986. The zero-order chi connectivity index (χ0) is 25.2. The Kier molecular flexibility index (Phi) is 8.99. The fraction of sp³-hybridized carbons (Fsp3) is 0.280. The number of benzene rings is 2. The van der Waals surface area contributed by atoms with Crippen molar-refractivity contribution in [3.63, 3.8) is 0 Å². The third-order valence-corrected chi connectivity index (χ3v) is 6.07. The van der Waals surface area contributed by atoms with Crippen LogP contribution in [0, 0.1) is 11.8 Å². The third-order valence-electron chi connectivity index (χ3n) is 5.29. The molecule has 1 fully saturated rings. The molecular formula is C25H24N4O6S. The number of morpholine rings is 1. The summed E-state index contributed by atoms with van der Waals surface area (Å²) in [7, 11) is 0. The molecule has 2 aromatic carbocycles. The smallest absolute Gasteiger partial charge is 0.307 e. The normalized spacial score (nSPS) is 13.4. The number of amides is 1. The van der Waals surface area contributed by atoms with Gasteiger partial charge in [-0.25, -0.2) is 15.3 Å². The Bertz CT molecular complexity index is 1290. The second kappa shape index (κ2) is 12.8. The summed E-state index contributed by atoms with van der Waals surface area (Å²) in [5.41, 5.74) is 2.90. The van der Waals surface area contributed by atoms with Gasteiger partial charge in [0.25, 0.3) is 6.08 Å². The van der Waals surface area contributed by atoms with Gasteiger partial charge in [0.15, 0.2) is 0 Å². The Morgan fingerprint density at radius 2 is 2.00 bits per heavy atom. The first-order chi connectivity index (χ1) is 17.6. The summed E-state index contributed by atoms with van der Waals surface area (Å²) in [6, 6.07) is 14.2. The van der Waals surface area contributed by atoms with Crippen LogP contribution in [0.5, 0.6) is 5.75 Å². The molecule has 0 spiro atoms. The number of hydrogen-bond acceptors (Lipinski definition) is 10. The summed E-state index contributed by atoms with van der Waals surface area (Å²) < 4.78 is 17.1. The lowest BCUT2D eigenvalue weighted by Crippen LogP contribution is -2.38. The van der Waals surface area contributed by atoms with Crippen LogP contribution < -0.4 is 15.2 Å². The summed E-state index contributed by atoms with van der Waals surface area (Å²) >= 11 is 0.856. The first-order valence-electron chi connectivity index (χ1n) is 11.2. The second-order valence-corrected chi connectivity index (χ2v) is 8.71. The Labute approximate surface area is 211 Å². The number of thioether (sulfide) groups is 1. The monoisotopic (exact) mass is 508 g/mol. The highest BCUT2D eigenvalue weighted by molar-refractivity contribution is 8.13. The predicted octanol–water partition coefficient (Wildman–Crippen LogP) is 3.44. The summed E-state index contributed by atoms with van der Waals surface area (Å²) in [6.45, 7) is 4.84. The van der Waals surface area contributed by atoms with Gasteiger partial charge in [0.1, 0.15) is 24.5 Å². The molecular weight excluding hydrogens is 484 g/mol. The van der Waals surface area contributed by atoms with Crippen LogP contribution in [0.3, 0.4) is 0 Å². The number of nitrogens with zero attached hydrogens (tertiary/aromatic N) is 3. The molecule has 1 aliphatic rings. The van der Waals surface area contributed by atoms with Crippen molar-refractivity contribution < 1.29 is 28.7 Å². The van der Waals surface area contributed by atoms with E-state index in [1.165, 1.54) is 11.1 Å². The van der Waals surface area contributed by atoms with E-state index in [0.29, 0.717) is 28.5 Å². The van der Waals surface area contributed by atoms with Gasteiger partial charge >= 0.3 is 5.24 Å². The van der Waals surface area contributed by atoms with Crippen LogP contribution in [-0.4, -0.2) is 67.4 Å². The highest BCUT2D eigenvalue weighted by Crippen LogP contribution is 2.29. The SMILES string of the molecule is O=C=NN(CC#Cc1ccc(SC(=O)NO)cc1)c1cc2cc(OCCN3CCOCC3)ccc2o1. The van der Waals surface area contributed by atoms with Gasteiger partial charge in [0.2, 0.25) is 5.88 Å². The Hall–Kier alpha value is -3.78. The summed E-state index contributed by atoms with van der Waals surface area (Å²) in [5, 5.41) is 13.9. The molecule has 10 nitrogen and oxygen atoms in total. The van der Waals surface area contributed by atoms with E-state index in [1.54, 1.807) is 35.8 Å². The Balaban J connectivity index is 1.38. The number of anilines is 1. The first-order valence-corrected chi connectivity index (χ1v) is 12.0. The number of fused-ring (bicyclic) bond motifs is 1. The average Bonchev–Trinajstić information content (AvgIpc) is 3.33. The fourth-order valence-electron chi connectivity index (χ4n) is 3.51. The summed E-state index contributed by atoms with van der Waals surface area (Å²) in [4.78, 5) is 25.1. The fourth-order valence-corrected chi connectivity index (χ4v) is 4.04. The Morgan fingerprint density at radius 1 is 1.19 bits per heavy atom. The summed E-state index contributed by atoms with van der Waals surface area (Å²) in [5.74, 6) is 7.01. The molecule has 2 N–H and O–H groups in total. The maximum Gasteiger partial charge on any atom is 0.307 e. The number of carbonyl (C=O) groups excluding carboxylic acids is 2. The van der Waals surface area contributed by atoms with Gasteiger partial charge in [-0.1, -0.05) is 16.9 Å². The lowest BCUT2D eigenvalue weighted by molar-refractivity contribution is 0.0322. The zero-order valence-corrected chi connectivity index (χ0v) is 20.1. The van der Waals surface area contributed by atoms with Crippen molar-refractivity contribution >= 4 is 39.9 Å².